The molecule has 0 amide bonds. The van der Waals surface area contributed by atoms with E-state index >= 15 is 0 Å². The van der Waals surface area contributed by atoms with Gasteiger partial charge in [0.15, 0.2) is 11.2 Å². The lowest BCUT2D eigenvalue weighted by Crippen LogP contribution is -2.40. The number of aliphatic hydroxyl groups is 1. The molecule has 1 unspecified atom stereocenters. The van der Waals surface area contributed by atoms with Gasteiger partial charge < -0.3 is 14.6 Å². The average Bonchev–Trinajstić information content (AvgIpc) is 3.18. The summed E-state index contributed by atoms with van der Waals surface area (Å²) in [7, 11) is 5.81. The smallest absolute Gasteiger partial charge is 0.332 e. The molecular formula is C24H30ClN5O3. The van der Waals surface area contributed by atoms with Gasteiger partial charge in [-0.15, -0.1) is 0 Å². The molecule has 0 radical (unpaired) electrons. The van der Waals surface area contributed by atoms with E-state index in [2.05, 4.69) is 25.1 Å². The fraction of sp³-hybridized carbons (Fsp3) is 0.458. The quantitative estimate of drug-likeness (QED) is 0.572. The van der Waals surface area contributed by atoms with Gasteiger partial charge in [-0.2, -0.15) is 0 Å². The first-order valence-electron chi connectivity index (χ1n) is 11.2. The number of allylic oxidation sites excluding steroid dienone is 1. The first-order chi connectivity index (χ1) is 15.8. The van der Waals surface area contributed by atoms with Gasteiger partial charge in [0.2, 0.25) is 0 Å². The SMILES string of the molecule is CN(C)C1CC=C(c2nc3c(c(=O)n(CCCO)c(=O)n3C)n2Cc2ccc(Cl)cc2)CC1. The highest BCUT2D eigenvalue weighted by molar-refractivity contribution is 6.30. The van der Waals surface area contributed by atoms with Crippen LogP contribution in [0.4, 0.5) is 0 Å². The van der Waals surface area contributed by atoms with Crippen molar-refractivity contribution in [2.45, 2.75) is 44.8 Å². The van der Waals surface area contributed by atoms with Gasteiger partial charge in [-0.3, -0.25) is 13.9 Å². The van der Waals surface area contributed by atoms with Gasteiger partial charge >= 0.3 is 5.69 Å². The summed E-state index contributed by atoms with van der Waals surface area (Å²) < 4.78 is 4.55. The fourth-order valence-corrected chi connectivity index (χ4v) is 4.59. The summed E-state index contributed by atoms with van der Waals surface area (Å²) in [5.74, 6) is 0.726. The standard InChI is InChI=1S/C24H30ClN5O3/c1-27(2)19-11-7-17(8-12-19)21-26-22-20(30(21)15-16-5-9-18(25)10-6-16)23(32)29(13-4-14-31)24(33)28(22)3/h5-7,9-10,19,31H,4,8,11-15H2,1-3H3. The second-order valence-electron chi connectivity index (χ2n) is 8.82. The molecule has 4 rings (SSSR count). The van der Waals surface area contributed by atoms with Crippen LogP contribution >= 0.6 is 11.6 Å². The van der Waals surface area contributed by atoms with Gasteiger partial charge in [-0.05, 0) is 63.0 Å². The Morgan fingerprint density at radius 3 is 2.52 bits per heavy atom. The van der Waals surface area contributed by atoms with Crippen molar-refractivity contribution in [2.24, 2.45) is 7.05 Å². The van der Waals surface area contributed by atoms with Crippen molar-refractivity contribution in [3.8, 4) is 0 Å². The molecule has 2 heterocycles. The van der Waals surface area contributed by atoms with Crippen molar-refractivity contribution in [2.75, 3.05) is 20.7 Å². The molecule has 8 nitrogen and oxygen atoms in total. The zero-order valence-electron chi connectivity index (χ0n) is 19.3. The third kappa shape index (κ3) is 4.55. The number of hydrogen-bond donors (Lipinski definition) is 1. The third-order valence-electron chi connectivity index (χ3n) is 6.43. The van der Waals surface area contributed by atoms with E-state index in [1.165, 1.54) is 9.13 Å². The number of imidazole rings is 1. The van der Waals surface area contributed by atoms with Gasteiger partial charge in [0, 0.05) is 37.8 Å². The molecule has 1 atom stereocenters. The maximum atomic E-state index is 13.5. The molecule has 9 heteroatoms. The van der Waals surface area contributed by atoms with Crippen molar-refractivity contribution in [1.29, 1.82) is 0 Å². The Hall–Kier alpha value is -2.68. The number of fused-ring (bicyclic) bond motifs is 1. The maximum Gasteiger partial charge on any atom is 0.332 e. The summed E-state index contributed by atoms with van der Waals surface area (Å²) >= 11 is 6.07. The number of nitrogens with zero attached hydrogens (tertiary/aromatic N) is 5. The summed E-state index contributed by atoms with van der Waals surface area (Å²) in [4.78, 5) is 33.4. The Morgan fingerprint density at radius 1 is 1.18 bits per heavy atom. The molecular weight excluding hydrogens is 442 g/mol. The number of aromatic nitrogens is 4. The highest BCUT2D eigenvalue weighted by Crippen LogP contribution is 2.30. The van der Waals surface area contributed by atoms with Crippen LogP contribution in [-0.2, 0) is 20.1 Å². The van der Waals surface area contributed by atoms with E-state index in [1.54, 1.807) is 7.05 Å². The van der Waals surface area contributed by atoms with E-state index in [4.69, 9.17) is 16.6 Å². The highest BCUT2D eigenvalue weighted by atomic mass is 35.5. The van der Waals surface area contributed by atoms with Crippen molar-refractivity contribution in [1.82, 2.24) is 23.6 Å². The van der Waals surface area contributed by atoms with Gasteiger partial charge in [-0.25, -0.2) is 9.78 Å². The molecule has 2 aromatic heterocycles. The van der Waals surface area contributed by atoms with Crippen LogP contribution in [0, 0.1) is 0 Å². The minimum Gasteiger partial charge on any atom is -0.396 e. The Kier molecular flexibility index (Phi) is 6.88. The molecule has 0 fully saturated rings. The molecule has 176 valence electrons. The average molecular weight is 472 g/mol. The van der Waals surface area contributed by atoms with Crippen LogP contribution in [0.3, 0.4) is 0 Å². The maximum absolute atomic E-state index is 13.5. The number of hydrogen-bond acceptors (Lipinski definition) is 5. The third-order valence-corrected chi connectivity index (χ3v) is 6.68. The molecule has 0 spiro atoms. The molecule has 0 aliphatic heterocycles. The van der Waals surface area contributed by atoms with E-state index in [-0.39, 0.29) is 18.7 Å². The van der Waals surface area contributed by atoms with Crippen LogP contribution in [0.1, 0.15) is 37.1 Å². The van der Waals surface area contributed by atoms with Gasteiger partial charge in [0.25, 0.3) is 5.56 Å². The van der Waals surface area contributed by atoms with Crippen molar-refractivity contribution in [3.63, 3.8) is 0 Å². The minimum atomic E-state index is -0.422. The van der Waals surface area contributed by atoms with Crippen LogP contribution in [-0.4, -0.2) is 55.4 Å². The predicted octanol–water partition coefficient (Wildman–Crippen LogP) is 2.48. The summed E-state index contributed by atoms with van der Waals surface area (Å²) in [6.45, 7) is 0.500. The number of benzene rings is 1. The Morgan fingerprint density at radius 2 is 1.91 bits per heavy atom. The number of rotatable bonds is 7. The Balaban J connectivity index is 1.92. The number of aryl methyl sites for hydroxylation is 1. The summed E-state index contributed by atoms with van der Waals surface area (Å²) in [6.07, 6.45) is 5.29. The Bertz CT molecular complexity index is 1300. The lowest BCUT2D eigenvalue weighted by molar-refractivity contribution is 0.277. The molecule has 0 bridgehead atoms. The van der Waals surface area contributed by atoms with Crippen molar-refractivity contribution >= 4 is 28.3 Å². The first kappa shape index (κ1) is 23.5. The zero-order valence-corrected chi connectivity index (χ0v) is 20.0. The van der Waals surface area contributed by atoms with E-state index in [1.807, 2.05) is 28.8 Å². The molecule has 1 N–H and O–H groups in total. The second kappa shape index (κ2) is 9.67. The van der Waals surface area contributed by atoms with Gasteiger partial charge in [-0.1, -0.05) is 29.8 Å². The predicted molar refractivity (Wildman–Crippen MR) is 131 cm³/mol. The molecule has 0 saturated heterocycles. The summed E-state index contributed by atoms with van der Waals surface area (Å²) in [6, 6.07) is 7.99. The molecule has 1 aliphatic rings. The van der Waals surface area contributed by atoms with Gasteiger partial charge in [0.05, 0.1) is 0 Å². The molecule has 3 aromatic rings. The molecule has 1 aromatic carbocycles. The lowest BCUT2D eigenvalue weighted by atomic mass is 9.94. The van der Waals surface area contributed by atoms with E-state index in [0.29, 0.717) is 35.2 Å². The van der Waals surface area contributed by atoms with Crippen LogP contribution in [0.5, 0.6) is 0 Å². The molecule has 33 heavy (non-hydrogen) atoms. The second-order valence-corrected chi connectivity index (χ2v) is 9.25. The first-order valence-corrected chi connectivity index (χ1v) is 11.6. The van der Waals surface area contributed by atoms with E-state index in [0.717, 1.165) is 36.2 Å². The van der Waals surface area contributed by atoms with Crippen LogP contribution in [0.15, 0.2) is 39.9 Å². The minimum absolute atomic E-state index is 0.0944. The van der Waals surface area contributed by atoms with Crippen molar-refractivity contribution in [3.05, 3.63) is 67.6 Å². The lowest BCUT2D eigenvalue weighted by Gasteiger charge is -2.27. The van der Waals surface area contributed by atoms with Crippen LogP contribution < -0.4 is 11.2 Å². The van der Waals surface area contributed by atoms with E-state index < -0.39 is 5.69 Å². The normalized spacial score (nSPS) is 16.5. The molecule has 0 saturated carbocycles. The summed E-state index contributed by atoms with van der Waals surface area (Å²) in [5, 5.41) is 9.88. The van der Waals surface area contributed by atoms with Gasteiger partial charge in [0.1, 0.15) is 5.82 Å². The largest absolute Gasteiger partial charge is 0.396 e. The highest BCUT2D eigenvalue weighted by Gasteiger charge is 2.25. The molecule has 1 aliphatic carbocycles. The van der Waals surface area contributed by atoms with Crippen LogP contribution in [0.25, 0.3) is 16.7 Å². The van der Waals surface area contributed by atoms with Crippen LogP contribution in [0.2, 0.25) is 5.02 Å². The Labute approximate surface area is 197 Å². The topological polar surface area (TPSA) is 85.3 Å². The zero-order chi connectivity index (χ0) is 23.7. The monoisotopic (exact) mass is 471 g/mol. The number of aliphatic hydroxyl groups excluding tert-OH is 1. The summed E-state index contributed by atoms with van der Waals surface area (Å²) in [5.41, 5.74) is 2.05. The van der Waals surface area contributed by atoms with Crippen molar-refractivity contribution < 1.29 is 5.11 Å². The van der Waals surface area contributed by atoms with E-state index in [9.17, 15) is 14.7 Å². The number of halogens is 1. The fourth-order valence-electron chi connectivity index (χ4n) is 4.46.